The van der Waals surface area contributed by atoms with Crippen molar-refractivity contribution in [2.75, 3.05) is 26.8 Å². The van der Waals surface area contributed by atoms with E-state index in [0.717, 1.165) is 44.0 Å². The first-order valence-corrected chi connectivity index (χ1v) is 10.7. The highest BCUT2D eigenvalue weighted by Crippen LogP contribution is 2.34. The summed E-state index contributed by atoms with van der Waals surface area (Å²) >= 11 is 1.86. The average molecular weight is 418 g/mol. The lowest BCUT2D eigenvalue weighted by Gasteiger charge is -2.35. The van der Waals surface area contributed by atoms with Gasteiger partial charge >= 0.3 is 0 Å². The van der Waals surface area contributed by atoms with Crippen LogP contribution in [0.25, 0.3) is 10.1 Å². The van der Waals surface area contributed by atoms with Crippen molar-refractivity contribution in [3.63, 3.8) is 0 Å². The van der Waals surface area contributed by atoms with Crippen molar-refractivity contribution < 1.29 is 9.47 Å². The number of rotatable bonds is 7. The monoisotopic (exact) mass is 417 g/mol. The van der Waals surface area contributed by atoms with Gasteiger partial charge in [0, 0.05) is 16.3 Å². The van der Waals surface area contributed by atoms with Gasteiger partial charge in [0.25, 0.3) is 0 Å². The van der Waals surface area contributed by atoms with Gasteiger partial charge in [-0.05, 0) is 66.9 Å². The maximum absolute atomic E-state index is 6.05. The summed E-state index contributed by atoms with van der Waals surface area (Å²) in [4.78, 5) is 2.56. The Labute approximate surface area is 177 Å². The Morgan fingerprint density at radius 3 is 2.86 bits per heavy atom. The van der Waals surface area contributed by atoms with E-state index in [1.807, 2.05) is 29.5 Å². The number of aryl methyl sites for hydroxylation is 1. The number of likely N-dealkylation sites (N-methyl/N-ethyl adjacent to an activating group) is 1. The number of benzene rings is 2. The minimum atomic E-state index is 0. The molecule has 4 rings (SSSR count). The van der Waals surface area contributed by atoms with Crippen molar-refractivity contribution in [3.8, 4) is 11.5 Å². The van der Waals surface area contributed by atoms with Gasteiger partial charge in [0.2, 0.25) is 0 Å². The Hall–Kier alpha value is -1.75. The van der Waals surface area contributed by atoms with Crippen LogP contribution in [0.3, 0.4) is 0 Å². The zero-order valence-corrected chi connectivity index (χ0v) is 18.2. The lowest BCUT2D eigenvalue weighted by molar-refractivity contribution is 0.122. The van der Waals surface area contributed by atoms with Gasteiger partial charge in [-0.25, -0.2) is 0 Å². The number of hydrogen-bond donors (Lipinski definition) is 0. The van der Waals surface area contributed by atoms with Gasteiger partial charge in [-0.1, -0.05) is 31.2 Å². The summed E-state index contributed by atoms with van der Waals surface area (Å²) in [6.45, 7) is 5.15. The van der Waals surface area contributed by atoms with E-state index in [9.17, 15) is 0 Å². The van der Waals surface area contributed by atoms with Crippen molar-refractivity contribution in [2.24, 2.45) is 0 Å². The third-order valence-corrected chi connectivity index (χ3v) is 6.57. The first-order valence-electron chi connectivity index (χ1n) is 9.78. The topological polar surface area (TPSA) is 21.7 Å². The Balaban J connectivity index is 0.00000225. The normalized spacial score (nSPS) is 15.8. The quantitative estimate of drug-likeness (QED) is 0.500. The van der Waals surface area contributed by atoms with Crippen molar-refractivity contribution in [3.05, 3.63) is 59.0 Å². The number of methoxy groups -OCH3 is 1. The molecule has 0 bridgehead atoms. The van der Waals surface area contributed by atoms with E-state index in [4.69, 9.17) is 9.47 Å². The molecule has 5 heteroatoms. The van der Waals surface area contributed by atoms with Gasteiger partial charge in [0.1, 0.15) is 18.1 Å². The zero-order chi connectivity index (χ0) is 18.6. The zero-order valence-electron chi connectivity index (χ0n) is 16.5. The highest BCUT2D eigenvalue weighted by Gasteiger charge is 2.26. The van der Waals surface area contributed by atoms with Crippen LogP contribution < -0.4 is 9.47 Å². The number of halogens is 1. The van der Waals surface area contributed by atoms with Crippen molar-refractivity contribution in [1.82, 2.24) is 4.90 Å². The van der Waals surface area contributed by atoms with Crippen LogP contribution in [0.15, 0.2) is 47.8 Å². The van der Waals surface area contributed by atoms with Gasteiger partial charge in [-0.3, -0.25) is 4.90 Å². The molecule has 3 aromatic rings. The fourth-order valence-electron chi connectivity index (χ4n) is 4.09. The van der Waals surface area contributed by atoms with E-state index in [1.54, 1.807) is 7.11 Å². The molecule has 150 valence electrons. The average Bonchev–Trinajstić information content (AvgIpc) is 3.13. The van der Waals surface area contributed by atoms with Crippen LogP contribution >= 0.6 is 23.7 Å². The first-order chi connectivity index (χ1) is 13.3. The van der Waals surface area contributed by atoms with E-state index in [-0.39, 0.29) is 12.4 Å². The largest absolute Gasteiger partial charge is 0.496 e. The van der Waals surface area contributed by atoms with E-state index >= 15 is 0 Å². The molecule has 2 aromatic carbocycles. The fourth-order valence-corrected chi connectivity index (χ4v) is 5.08. The molecule has 0 saturated heterocycles. The van der Waals surface area contributed by atoms with Crippen molar-refractivity contribution in [1.29, 1.82) is 0 Å². The Kier molecular flexibility index (Phi) is 7.22. The lowest BCUT2D eigenvalue weighted by atomic mass is 9.99. The van der Waals surface area contributed by atoms with Gasteiger partial charge in [-0.2, -0.15) is 0 Å². The minimum absolute atomic E-state index is 0. The molecule has 2 heterocycles. The molecule has 0 aliphatic carbocycles. The van der Waals surface area contributed by atoms with Gasteiger partial charge in [-0.15, -0.1) is 23.7 Å². The molecular formula is C23H28ClNO2S. The number of ether oxygens (including phenoxy) is 2. The Morgan fingerprint density at radius 1 is 1.18 bits per heavy atom. The molecule has 0 N–H and O–H groups in total. The van der Waals surface area contributed by atoms with Crippen LogP contribution in [-0.2, 0) is 12.8 Å². The van der Waals surface area contributed by atoms with Crippen molar-refractivity contribution >= 4 is 33.8 Å². The van der Waals surface area contributed by atoms with Crippen LogP contribution in [0.2, 0.25) is 0 Å². The summed E-state index contributed by atoms with van der Waals surface area (Å²) in [7, 11) is 1.74. The summed E-state index contributed by atoms with van der Waals surface area (Å²) in [6.07, 6.45) is 3.30. The second-order valence-corrected chi connectivity index (χ2v) is 8.01. The minimum Gasteiger partial charge on any atom is -0.496 e. The van der Waals surface area contributed by atoms with Crippen LogP contribution in [0.5, 0.6) is 11.5 Å². The summed E-state index contributed by atoms with van der Waals surface area (Å²) in [6, 6.07) is 15.2. The third kappa shape index (κ3) is 4.29. The highest BCUT2D eigenvalue weighted by atomic mass is 35.5. The number of thiophene rings is 1. The van der Waals surface area contributed by atoms with E-state index in [2.05, 4.69) is 41.5 Å². The van der Waals surface area contributed by atoms with Gasteiger partial charge < -0.3 is 9.47 Å². The first kappa shape index (κ1) is 21.0. The van der Waals surface area contributed by atoms with Crippen LogP contribution in [0, 0.1) is 0 Å². The molecule has 0 amide bonds. The molecule has 3 nitrogen and oxygen atoms in total. The van der Waals surface area contributed by atoms with E-state index < -0.39 is 0 Å². The third-order valence-electron chi connectivity index (χ3n) is 5.56. The SMILES string of the molecule is CCN(CCCc1csc2ccccc12)C1COc2cccc(OC)c2C1.Cl. The summed E-state index contributed by atoms with van der Waals surface area (Å²) < 4.78 is 13.0. The molecule has 0 saturated carbocycles. The van der Waals surface area contributed by atoms with Gasteiger partial charge in [0.05, 0.1) is 7.11 Å². The maximum atomic E-state index is 6.05. The molecule has 1 atom stereocenters. The molecule has 1 aromatic heterocycles. The molecule has 0 radical (unpaired) electrons. The highest BCUT2D eigenvalue weighted by molar-refractivity contribution is 7.17. The Bertz CT molecular complexity index is 896. The maximum Gasteiger partial charge on any atom is 0.126 e. The van der Waals surface area contributed by atoms with E-state index in [0.29, 0.717) is 6.04 Å². The number of fused-ring (bicyclic) bond motifs is 2. The number of hydrogen-bond acceptors (Lipinski definition) is 4. The van der Waals surface area contributed by atoms with Crippen molar-refractivity contribution in [2.45, 2.75) is 32.2 Å². The predicted octanol–water partition coefficient (Wildman–Crippen LogP) is 5.59. The molecule has 0 spiro atoms. The molecule has 28 heavy (non-hydrogen) atoms. The second-order valence-electron chi connectivity index (χ2n) is 7.10. The molecule has 0 fully saturated rings. The fraction of sp³-hybridized carbons (Fsp3) is 0.391. The van der Waals surface area contributed by atoms with E-state index in [1.165, 1.54) is 27.6 Å². The molecule has 1 aliphatic heterocycles. The Morgan fingerprint density at radius 2 is 2.04 bits per heavy atom. The van der Waals surface area contributed by atoms with Gasteiger partial charge in [0.15, 0.2) is 0 Å². The lowest BCUT2D eigenvalue weighted by Crippen LogP contribution is -2.43. The smallest absolute Gasteiger partial charge is 0.126 e. The number of nitrogens with zero attached hydrogens (tertiary/aromatic N) is 1. The van der Waals surface area contributed by atoms with Crippen LogP contribution in [0.4, 0.5) is 0 Å². The molecular weight excluding hydrogens is 390 g/mol. The standard InChI is InChI=1S/C23H27NO2S.ClH/c1-3-24(13-7-8-17-16-27-23-12-5-4-9-19(17)23)18-14-20-21(25-2)10-6-11-22(20)26-15-18;/h4-6,9-12,16,18H,3,7-8,13-15H2,1-2H3;1H. The second kappa shape index (κ2) is 9.64. The summed E-state index contributed by atoms with van der Waals surface area (Å²) in [5, 5.41) is 3.75. The summed E-state index contributed by atoms with van der Waals surface area (Å²) in [5.41, 5.74) is 2.69. The predicted molar refractivity (Wildman–Crippen MR) is 121 cm³/mol. The molecule has 1 unspecified atom stereocenters. The molecule has 1 aliphatic rings. The van der Waals surface area contributed by atoms with Crippen LogP contribution in [0.1, 0.15) is 24.5 Å². The summed E-state index contributed by atoms with van der Waals surface area (Å²) in [5.74, 6) is 1.92. The van der Waals surface area contributed by atoms with Crippen LogP contribution in [-0.4, -0.2) is 37.7 Å².